The lowest BCUT2D eigenvalue weighted by atomic mass is 9.85. The van der Waals surface area contributed by atoms with Gasteiger partial charge in [0, 0.05) is 30.8 Å². The summed E-state index contributed by atoms with van der Waals surface area (Å²) in [5.74, 6) is 0. The smallest absolute Gasteiger partial charge is 0.0705 e. The predicted octanol–water partition coefficient (Wildman–Crippen LogP) is 3.12. The van der Waals surface area contributed by atoms with Gasteiger partial charge in [0.25, 0.3) is 0 Å². The van der Waals surface area contributed by atoms with Gasteiger partial charge in [-0.1, -0.05) is 39.0 Å². The van der Waals surface area contributed by atoms with Crippen LogP contribution < -0.4 is 5.32 Å². The highest BCUT2D eigenvalue weighted by Crippen LogP contribution is 2.23. The van der Waals surface area contributed by atoms with Crippen LogP contribution >= 0.6 is 0 Å². The summed E-state index contributed by atoms with van der Waals surface area (Å²) in [6.07, 6.45) is 2.63. The van der Waals surface area contributed by atoms with Crippen LogP contribution in [0.3, 0.4) is 0 Å². The molecular formula is C17H24N2O. The van der Waals surface area contributed by atoms with Crippen LogP contribution in [-0.2, 0) is 6.54 Å². The second-order valence-corrected chi connectivity index (χ2v) is 6.30. The molecule has 0 radical (unpaired) electrons. The number of fused-ring (bicyclic) bond motifs is 1. The van der Waals surface area contributed by atoms with Crippen molar-refractivity contribution in [2.24, 2.45) is 5.41 Å². The van der Waals surface area contributed by atoms with Crippen LogP contribution in [0, 0.1) is 5.41 Å². The summed E-state index contributed by atoms with van der Waals surface area (Å²) < 4.78 is 0. The second-order valence-electron chi connectivity index (χ2n) is 6.30. The van der Waals surface area contributed by atoms with E-state index in [9.17, 15) is 5.11 Å². The van der Waals surface area contributed by atoms with Gasteiger partial charge in [0.05, 0.1) is 5.52 Å². The first-order valence-electron chi connectivity index (χ1n) is 7.19. The number of hydrogen-bond donors (Lipinski definition) is 2. The average Bonchev–Trinajstić information content (AvgIpc) is 2.42. The molecule has 1 unspecified atom stereocenters. The molecule has 0 bridgehead atoms. The van der Waals surface area contributed by atoms with Crippen LogP contribution in [0.5, 0.6) is 0 Å². The van der Waals surface area contributed by atoms with Crippen molar-refractivity contribution in [2.75, 3.05) is 6.61 Å². The third kappa shape index (κ3) is 3.56. The molecule has 1 atom stereocenters. The number of para-hydroxylation sites is 1. The van der Waals surface area contributed by atoms with Gasteiger partial charge in [-0.05, 0) is 29.5 Å². The summed E-state index contributed by atoms with van der Waals surface area (Å²) in [5.41, 5.74) is 2.41. The SMILES string of the molecule is CC(C)(C)C(CCO)NCc1ccnc2ccccc12. The zero-order chi connectivity index (χ0) is 14.6. The normalized spacial score (nSPS) is 13.6. The first kappa shape index (κ1) is 14.9. The van der Waals surface area contributed by atoms with Crippen LogP contribution in [0.15, 0.2) is 36.5 Å². The van der Waals surface area contributed by atoms with Gasteiger partial charge in [-0.15, -0.1) is 0 Å². The molecule has 20 heavy (non-hydrogen) atoms. The summed E-state index contributed by atoms with van der Waals surface area (Å²) in [6.45, 7) is 7.61. The zero-order valence-electron chi connectivity index (χ0n) is 12.6. The number of aliphatic hydroxyl groups is 1. The summed E-state index contributed by atoms with van der Waals surface area (Å²) >= 11 is 0. The van der Waals surface area contributed by atoms with E-state index in [2.05, 4.69) is 43.2 Å². The minimum absolute atomic E-state index is 0.131. The van der Waals surface area contributed by atoms with Crippen molar-refractivity contribution in [3.8, 4) is 0 Å². The molecule has 108 valence electrons. The van der Waals surface area contributed by atoms with Gasteiger partial charge in [-0.2, -0.15) is 0 Å². The fourth-order valence-electron chi connectivity index (χ4n) is 2.51. The molecule has 3 heteroatoms. The van der Waals surface area contributed by atoms with Crippen molar-refractivity contribution in [3.05, 3.63) is 42.1 Å². The van der Waals surface area contributed by atoms with Gasteiger partial charge in [0.1, 0.15) is 0 Å². The molecule has 0 saturated carbocycles. The zero-order valence-corrected chi connectivity index (χ0v) is 12.6. The maximum absolute atomic E-state index is 9.22. The van der Waals surface area contributed by atoms with E-state index in [1.54, 1.807) is 0 Å². The Morgan fingerprint density at radius 2 is 1.95 bits per heavy atom. The summed E-state index contributed by atoms with van der Waals surface area (Å²) in [5, 5.41) is 14.0. The van der Waals surface area contributed by atoms with Crippen LogP contribution in [0.2, 0.25) is 0 Å². The predicted molar refractivity (Wildman–Crippen MR) is 83.5 cm³/mol. The Morgan fingerprint density at radius 1 is 1.20 bits per heavy atom. The van der Waals surface area contributed by atoms with Crippen LogP contribution in [0.4, 0.5) is 0 Å². The standard InChI is InChI=1S/C17H24N2O/c1-17(2,3)16(9-11-20)19-12-13-8-10-18-15-7-5-4-6-14(13)15/h4-8,10,16,19-20H,9,11-12H2,1-3H3. The highest BCUT2D eigenvalue weighted by atomic mass is 16.3. The van der Waals surface area contributed by atoms with Gasteiger partial charge in [0.15, 0.2) is 0 Å². The van der Waals surface area contributed by atoms with E-state index in [-0.39, 0.29) is 12.0 Å². The van der Waals surface area contributed by atoms with Crippen LogP contribution in [0.1, 0.15) is 32.8 Å². The largest absolute Gasteiger partial charge is 0.396 e. The topological polar surface area (TPSA) is 45.1 Å². The Bertz CT molecular complexity index is 555. The molecule has 2 N–H and O–H groups in total. The Hall–Kier alpha value is -1.45. The third-order valence-electron chi connectivity index (χ3n) is 3.74. The molecular weight excluding hydrogens is 248 g/mol. The molecule has 0 aliphatic heterocycles. The maximum Gasteiger partial charge on any atom is 0.0705 e. The highest BCUT2D eigenvalue weighted by molar-refractivity contribution is 5.81. The fourth-order valence-corrected chi connectivity index (χ4v) is 2.51. The Kier molecular flexibility index (Phi) is 4.73. The van der Waals surface area contributed by atoms with Gasteiger partial charge in [-0.25, -0.2) is 0 Å². The minimum atomic E-state index is 0.131. The van der Waals surface area contributed by atoms with Gasteiger partial charge >= 0.3 is 0 Å². The molecule has 1 heterocycles. The Balaban J connectivity index is 2.16. The molecule has 0 fully saturated rings. The second kappa shape index (κ2) is 6.33. The summed E-state index contributed by atoms with van der Waals surface area (Å²) in [7, 11) is 0. The van der Waals surface area contributed by atoms with E-state index in [0.717, 1.165) is 18.5 Å². The lowest BCUT2D eigenvalue weighted by Crippen LogP contribution is -2.40. The van der Waals surface area contributed by atoms with Crippen molar-refractivity contribution >= 4 is 10.9 Å². The van der Waals surface area contributed by atoms with E-state index in [4.69, 9.17) is 0 Å². The fraction of sp³-hybridized carbons (Fsp3) is 0.471. The molecule has 1 aromatic heterocycles. The number of nitrogens with one attached hydrogen (secondary N) is 1. The molecule has 0 amide bonds. The van der Waals surface area contributed by atoms with E-state index < -0.39 is 0 Å². The molecule has 0 aliphatic carbocycles. The molecule has 3 nitrogen and oxygen atoms in total. The lowest BCUT2D eigenvalue weighted by molar-refractivity contribution is 0.196. The molecule has 2 rings (SSSR count). The van der Waals surface area contributed by atoms with Gasteiger partial charge < -0.3 is 10.4 Å². The molecule has 0 saturated heterocycles. The molecule has 1 aromatic carbocycles. The minimum Gasteiger partial charge on any atom is -0.396 e. The molecule has 0 spiro atoms. The first-order valence-corrected chi connectivity index (χ1v) is 7.19. The highest BCUT2D eigenvalue weighted by Gasteiger charge is 2.23. The van der Waals surface area contributed by atoms with E-state index in [0.29, 0.717) is 6.04 Å². The number of benzene rings is 1. The van der Waals surface area contributed by atoms with E-state index in [1.807, 2.05) is 24.4 Å². The number of hydrogen-bond acceptors (Lipinski definition) is 3. The van der Waals surface area contributed by atoms with Crippen molar-refractivity contribution in [3.63, 3.8) is 0 Å². The molecule has 2 aromatic rings. The van der Waals surface area contributed by atoms with Crippen molar-refractivity contribution in [1.29, 1.82) is 0 Å². The average molecular weight is 272 g/mol. The lowest BCUT2D eigenvalue weighted by Gasteiger charge is -2.31. The van der Waals surface area contributed by atoms with Gasteiger partial charge in [-0.3, -0.25) is 4.98 Å². The monoisotopic (exact) mass is 272 g/mol. The van der Waals surface area contributed by atoms with E-state index in [1.165, 1.54) is 10.9 Å². The first-order chi connectivity index (χ1) is 9.52. The van der Waals surface area contributed by atoms with Crippen molar-refractivity contribution in [2.45, 2.75) is 39.8 Å². The van der Waals surface area contributed by atoms with Gasteiger partial charge in [0.2, 0.25) is 0 Å². The summed E-state index contributed by atoms with van der Waals surface area (Å²) in [6, 6.07) is 10.6. The number of aliphatic hydroxyl groups excluding tert-OH is 1. The quantitative estimate of drug-likeness (QED) is 0.879. The Labute approximate surface area is 121 Å². The summed E-state index contributed by atoms with van der Waals surface area (Å²) in [4.78, 5) is 4.39. The van der Waals surface area contributed by atoms with Crippen molar-refractivity contribution in [1.82, 2.24) is 10.3 Å². The van der Waals surface area contributed by atoms with Crippen LogP contribution in [0.25, 0.3) is 10.9 Å². The number of aromatic nitrogens is 1. The maximum atomic E-state index is 9.22. The van der Waals surface area contributed by atoms with E-state index >= 15 is 0 Å². The number of nitrogens with zero attached hydrogens (tertiary/aromatic N) is 1. The number of rotatable bonds is 5. The van der Waals surface area contributed by atoms with Crippen LogP contribution in [-0.4, -0.2) is 22.7 Å². The van der Waals surface area contributed by atoms with Crippen molar-refractivity contribution < 1.29 is 5.11 Å². The number of pyridine rings is 1. The third-order valence-corrected chi connectivity index (χ3v) is 3.74. The molecule has 0 aliphatic rings. The Morgan fingerprint density at radius 3 is 2.65 bits per heavy atom.